The van der Waals surface area contributed by atoms with Crippen LogP contribution in [0.4, 0.5) is 0 Å². The summed E-state index contributed by atoms with van der Waals surface area (Å²) >= 11 is 1.34. The number of amides is 2. The van der Waals surface area contributed by atoms with Crippen molar-refractivity contribution in [1.29, 1.82) is 5.26 Å². The average molecular weight is 321 g/mol. The topological polar surface area (TPSA) is 73.2 Å². The van der Waals surface area contributed by atoms with Gasteiger partial charge in [0, 0.05) is 13.1 Å². The van der Waals surface area contributed by atoms with E-state index in [1.54, 1.807) is 24.0 Å². The highest BCUT2D eigenvalue weighted by Gasteiger charge is 2.29. The van der Waals surface area contributed by atoms with E-state index in [-0.39, 0.29) is 23.7 Å². The van der Waals surface area contributed by atoms with Gasteiger partial charge in [-0.3, -0.25) is 9.59 Å². The maximum absolute atomic E-state index is 12.7. The van der Waals surface area contributed by atoms with E-state index in [1.165, 1.54) is 11.3 Å². The first-order valence-corrected chi connectivity index (χ1v) is 8.31. The van der Waals surface area contributed by atoms with Crippen LogP contribution < -0.4 is 5.32 Å². The molecule has 0 bridgehead atoms. The third kappa shape index (κ3) is 4.85. The van der Waals surface area contributed by atoms with Crippen LogP contribution in [0.25, 0.3) is 0 Å². The van der Waals surface area contributed by atoms with E-state index in [9.17, 15) is 9.59 Å². The number of carbonyl (C=O) groups is 2. The van der Waals surface area contributed by atoms with Gasteiger partial charge in [0.15, 0.2) is 0 Å². The molecule has 1 aromatic heterocycles. The van der Waals surface area contributed by atoms with Crippen LogP contribution in [0.1, 0.15) is 37.4 Å². The second-order valence-electron chi connectivity index (χ2n) is 5.58. The molecule has 1 heterocycles. The minimum absolute atomic E-state index is 0.0251. The lowest BCUT2D eigenvalue weighted by atomic mass is 10.0. The number of rotatable bonds is 7. The van der Waals surface area contributed by atoms with Gasteiger partial charge in [-0.15, -0.1) is 11.3 Å². The van der Waals surface area contributed by atoms with Crippen molar-refractivity contribution in [2.24, 2.45) is 11.8 Å². The third-order valence-electron chi connectivity index (χ3n) is 3.37. The molecule has 22 heavy (non-hydrogen) atoms. The first-order chi connectivity index (χ1) is 10.4. The lowest BCUT2D eigenvalue weighted by Gasteiger charge is -2.29. The third-order valence-corrected chi connectivity index (χ3v) is 4.24. The number of likely N-dealkylation sites (N-methyl/N-ethyl adjacent to an activating group) is 1. The summed E-state index contributed by atoms with van der Waals surface area (Å²) in [5, 5.41) is 13.6. The Morgan fingerprint density at radius 1 is 1.41 bits per heavy atom. The molecule has 0 aromatic carbocycles. The molecule has 0 saturated heterocycles. The molecule has 0 aliphatic rings. The maximum atomic E-state index is 12.7. The summed E-state index contributed by atoms with van der Waals surface area (Å²) in [5.41, 5.74) is 0. The standard InChI is InChI=1S/C16H23N3O2S/c1-5-19(10-12(4)9-17)16(21)14(11(2)3)18-15(20)13-7-6-8-22-13/h6-8,11-12,14H,5,10H2,1-4H3,(H,18,20)/t12-,14-/m0/s1. The van der Waals surface area contributed by atoms with Gasteiger partial charge < -0.3 is 10.2 Å². The fourth-order valence-corrected chi connectivity index (χ4v) is 2.70. The Hall–Kier alpha value is -1.87. The van der Waals surface area contributed by atoms with Gasteiger partial charge in [-0.25, -0.2) is 0 Å². The Labute approximate surface area is 135 Å². The van der Waals surface area contributed by atoms with Crippen LogP contribution in [-0.2, 0) is 4.79 Å². The second kappa shape index (κ2) is 8.54. The van der Waals surface area contributed by atoms with Crippen molar-refractivity contribution < 1.29 is 9.59 Å². The molecule has 0 aliphatic heterocycles. The minimum atomic E-state index is -0.583. The molecular formula is C16H23N3O2S. The number of hydrogen-bond acceptors (Lipinski definition) is 4. The quantitative estimate of drug-likeness (QED) is 0.838. The molecule has 0 fully saturated rings. The van der Waals surface area contributed by atoms with E-state index in [1.807, 2.05) is 26.2 Å². The van der Waals surface area contributed by atoms with Crippen LogP contribution in [0.5, 0.6) is 0 Å². The highest BCUT2D eigenvalue weighted by Crippen LogP contribution is 2.12. The molecule has 2 atom stereocenters. The zero-order valence-electron chi connectivity index (χ0n) is 13.5. The normalized spacial score (nSPS) is 13.3. The molecule has 0 saturated carbocycles. The van der Waals surface area contributed by atoms with Crippen molar-refractivity contribution in [3.63, 3.8) is 0 Å². The molecule has 0 aliphatic carbocycles. The molecule has 1 N–H and O–H groups in total. The van der Waals surface area contributed by atoms with Crippen LogP contribution in [0, 0.1) is 23.2 Å². The van der Waals surface area contributed by atoms with Gasteiger partial charge >= 0.3 is 0 Å². The smallest absolute Gasteiger partial charge is 0.262 e. The van der Waals surface area contributed by atoms with Gasteiger partial charge in [-0.1, -0.05) is 19.9 Å². The SMILES string of the molecule is CCN(C[C@@H](C)C#N)C(=O)[C@@H](NC(=O)c1cccs1)C(C)C. The summed E-state index contributed by atoms with van der Waals surface area (Å²) in [6.07, 6.45) is 0. The average Bonchev–Trinajstić information content (AvgIpc) is 3.03. The predicted octanol–water partition coefficient (Wildman–Crippen LogP) is 2.51. The fraction of sp³-hybridized carbons (Fsp3) is 0.562. The first kappa shape index (κ1) is 18.2. The number of nitrogens with one attached hydrogen (secondary N) is 1. The maximum Gasteiger partial charge on any atom is 0.262 e. The van der Waals surface area contributed by atoms with E-state index in [4.69, 9.17) is 5.26 Å². The summed E-state index contributed by atoms with van der Waals surface area (Å²) in [6.45, 7) is 8.36. The molecule has 1 aromatic rings. The summed E-state index contributed by atoms with van der Waals surface area (Å²) < 4.78 is 0. The predicted molar refractivity (Wildman–Crippen MR) is 87.4 cm³/mol. The monoisotopic (exact) mass is 321 g/mol. The van der Waals surface area contributed by atoms with Crippen LogP contribution >= 0.6 is 11.3 Å². The van der Waals surface area contributed by atoms with Gasteiger partial charge in [-0.05, 0) is 31.2 Å². The van der Waals surface area contributed by atoms with Crippen molar-refractivity contribution in [2.75, 3.05) is 13.1 Å². The van der Waals surface area contributed by atoms with Gasteiger partial charge in [0.05, 0.1) is 16.9 Å². The van der Waals surface area contributed by atoms with Crippen molar-refractivity contribution in [1.82, 2.24) is 10.2 Å². The number of carbonyl (C=O) groups excluding carboxylic acids is 2. The van der Waals surface area contributed by atoms with Crippen LogP contribution in [-0.4, -0.2) is 35.8 Å². The Kier molecular flexibility index (Phi) is 7.06. The van der Waals surface area contributed by atoms with E-state index >= 15 is 0 Å². The number of hydrogen-bond donors (Lipinski definition) is 1. The Bertz CT molecular complexity index is 534. The fourth-order valence-electron chi connectivity index (χ4n) is 2.08. The number of nitrogens with zero attached hydrogens (tertiary/aromatic N) is 2. The highest BCUT2D eigenvalue weighted by molar-refractivity contribution is 7.12. The number of thiophene rings is 1. The highest BCUT2D eigenvalue weighted by atomic mass is 32.1. The van der Waals surface area contributed by atoms with Crippen LogP contribution in [0.15, 0.2) is 17.5 Å². The lowest BCUT2D eigenvalue weighted by molar-refractivity contribution is -0.134. The molecule has 0 radical (unpaired) electrons. The molecule has 5 nitrogen and oxygen atoms in total. The van der Waals surface area contributed by atoms with Gasteiger partial charge in [0.2, 0.25) is 5.91 Å². The van der Waals surface area contributed by atoms with Crippen molar-refractivity contribution >= 4 is 23.2 Å². The zero-order chi connectivity index (χ0) is 16.7. The Balaban J connectivity index is 2.83. The van der Waals surface area contributed by atoms with Crippen molar-refractivity contribution in [3.05, 3.63) is 22.4 Å². The molecule has 120 valence electrons. The lowest BCUT2D eigenvalue weighted by Crippen LogP contribution is -2.51. The Morgan fingerprint density at radius 3 is 2.55 bits per heavy atom. The summed E-state index contributed by atoms with van der Waals surface area (Å²) in [5.74, 6) is -0.622. The van der Waals surface area contributed by atoms with Gasteiger partial charge in [-0.2, -0.15) is 5.26 Å². The molecule has 2 amide bonds. The second-order valence-corrected chi connectivity index (χ2v) is 6.53. The molecular weight excluding hydrogens is 298 g/mol. The van der Waals surface area contributed by atoms with E-state index in [0.717, 1.165) is 0 Å². The van der Waals surface area contributed by atoms with Gasteiger partial charge in [0.1, 0.15) is 6.04 Å². The van der Waals surface area contributed by atoms with Gasteiger partial charge in [0.25, 0.3) is 5.91 Å². The van der Waals surface area contributed by atoms with E-state index in [0.29, 0.717) is 18.0 Å². The first-order valence-electron chi connectivity index (χ1n) is 7.43. The van der Waals surface area contributed by atoms with E-state index < -0.39 is 6.04 Å². The number of nitriles is 1. The summed E-state index contributed by atoms with van der Waals surface area (Å²) in [6, 6.07) is 5.09. The molecule has 0 unspecified atom stereocenters. The largest absolute Gasteiger partial charge is 0.340 e. The molecule has 0 spiro atoms. The van der Waals surface area contributed by atoms with E-state index in [2.05, 4.69) is 11.4 Å². The molecule has 6 heteroatoms. The van der Waals surface area contributed by atoms with Crippen molar-refractivity contribution in [2.45, 2.75) is 33.7 Å². The molecule has 1 rings (SSSR count). The summed E-state index contributed by atoms with van der Waals surface area (Å²) in [7, 11) is 0. The minimum Gasteiger partial charge on any atom is -0.340 e. The Morgan fingerprint density at radius 2 is 2.09 bits per heavy atom. The van der Waals surface area contributed by atoms with Crippen molar-refractivity contribution in [3.8, 4) is 6.07 Å². The van der Waals surface area contributed by atoms with Crippen LogP contribution in [0.2, 0.25) is 0 Å². The van der Waals surface area contributed by atoms with Crippen LogP contribution in [0.3, 0.4) is 0 Å². The summed E-state index contributed by atoms with van der Waals surface area (Å²) in [4.78, 5) is 27.1. The zero-order valence-corrected chi connectivity index (χ0v) is 14.3.